The second kappa shape index (κ2) is 14.4. The van der Waals surface area contributed by atoms with Crippen LogP contribution < -0.4 is 4.90 Å². The van der Waals surface area contributed by atoms with Crippen LogP contribution in [0.5, 0.6) is 0 Å². The van der Waals surface area contributed by atoms with Crippen LogP contribution in [0.25, 0.3) is 39.7 Å². The summed E-state index contributed by atoms with van der Waals surface area (Å²) in [6.45, 7) is 10.9. The average molecular weight is 692 g/mol. The second-order valence-electron chi connectivity index (χ2n) is 14.2. The number of hydrogen-bond donors (Lipinski definition) is 0. The number of aromatic nitrogens is 4. The van der Waals surface area contributed by atoms with Gasteiger partial charge in [0.15, 0.2) is 5.82 Å². The van der Waals surface area contributed by atoms with Crippen LogP contribution in [-0.4, -0.2) is 24.9 Å². The van der Waals surface area contributed by atoms with Gasteiger partial charge in [-0.3, -0.25) is 4.57 Å². The zero-order valence-electron chi connectivity index (χ0n) is 30.7. The van der Waals surface area contributed by atoms with Gasteiger partial charge < -0.3 is 9.47 Å². The maximum atomic E-state index is 4.73. The lowest BCUT2D eigenvalue weighted by Crippen LogP contribution is -2.49. The molecule has 4 aromatic carbocycles. The summed E-state index contributed by atoms with van der Waals surface area (Å²) in [5, 5.41) is 10.7. The van der Waals surface area contributed by atoms with Gasteiger partial charge in [0.2, 0.25) is 0 Å². The van der Waals surface area contributed by atoms with Gasteiger partial charge in [-0.1, -0.05) is 123 Å². The molecule has 0 fully saturated rings. The first-order valence-electron chi connectivity index (χ1n) is 18.6. The van der Waals surface area contributed by atoms with Gasteiger partial charge in [0.1, 0.15) is 5.82 Å². The van der Waals surface area contributed by atoms with Gasteiger partial charge in [-0.05, 0) is 86.9 Å². The maximum Gasteiger partial charge on any atom is 0.168 e. The monoisotopic (exact) mass is 691 g/mol. The number of allylic oxidation sites excluding steroid dienone is 7. The van der Waals surface area contributed by atoms with Gasteiger partial charge in [-0.15, -0.1) is 10.2 Å². The molecule has 0 bridgehead atoms. The summed E-state index contributed by atoms with van der Waals surface area (Å²) in [5.41, 5.74) is 10.2. The van der Waals surface area contributed by atoms with Crippen LogP contribution >= 0.6 is 0 Å². The molecule has 0 amide bonds. The molecule has 2 heterocycles. The fraction of sp³-hybridized carbons (Fsp3) is 0.167. The molecule has 6 aromatic rings. The van der Waals surface area contributed by atoms with Crippen LogP contribution in [0.15, 0.2) is 170 Å². The van der Waals surface area contributed by atoms with E-state index in [1.807, 2.05) is 24.3 Å². The second-order valence-corrected chi connectivity index (χ2v) is 14.2. The van der Waals surface area contributed by atoms with Crippen molar-refractivity contribution in [1.82, 2.24) is 19.3 Å². The molecule has 8 rings (SSSR count). The van der Waals surface area contributed by atoms with Crippen molar-refractivity contribution in [2.24, 2.45) is 5.92 Å². The van der Waals surface area contributed by atoms with E-state index in [0.29, 0.717) is 6.42 Å². The van der Waals surface area contributed by atoms with Crippen LogP contribution in [0.4, 0.5) is 5.69 Å². The number of aryl methyl sites for hydroxylation is 1. The zero-order valence-corrected chi connectivity index (χ0v) is 30.7. The molecule has 2 aromatic heterocycles. The molecule has 2 atom stereocenters. The Labute approximate surface area is 312 Å². The normalized spacial score (nSPS) is 18.2. The summed E-state index contributed by atoms with van der Waals surface area (Å²) in [4.78, 5) is 2.45. The Morgan fingerprint density at radius 3 is 2.51 bits per heavy atom. The summed E-state index contributed by atoms with van der Waals surface area (Å²) in [7, 11) is 0. The SMILES string of the molecule is C=C/C=C(\C=C/Cc1nnc(-c2ccccc2)n1-c1cccc(C)c1)N(c1ccc(-n2c3c(c4ccccc42)C=CCC3)cc1)C1(C)C=CC=CC1C. The van der Waals surface area contributed by atoms with E-state index in [2.05, 4.69) is 181 Å². The highest BCUT2D eigenvalue weighted by Gasteiger charge is 2.37. The predicted molar refractivity (Wildman–Crippen MR) is 222 cm³/mol. The van der Waals surface area contributed by atoms with E-state index in [9.17, 15) is 0 Å². The molecule has 262 valence electrons. The van der Waals surface area contributed by atoms with Crippen molar-refractivity contribution >= 4 is 22.7 Å². The summed E-state index contributed by atoms with van der Waals surface area (Å²) in [5.74, 6) is 1.95. The van der Waals surface area contributed by atoms with E-state index in [4.69, 9.17) is 10.2 Å². The van der Waals surface area contributed by atoms with Crippen molar-refractivity contribution in [3.8, 4) is 22.8 Å². The number of benzene rings is 4. The first-order chi connectivity index (χ1) is 26.0. The summed E-state index contributed by atoms with van der Waals surface area (Å²) < 4.78 is 4.63. The molecule has 0 saturated heterocycles. The van der Waals surface area contributed by atoms with Crippen molar-refractivity contribution < 1.29 is 0 Å². The molecule has 0 radical (unpaired) electrons. The standard InChI is InChI=1S/C48H45N5/c1-5-17-39(22-16-28-46-49-50-47(37-20-7-6-8-21-37)52(46)41-23-15-18-35(2)34-41)53(48(4)33-14-13-19-36(48)3)40-31-29-38(30-32-40)51-44-26-11-9-24-42(44)43-25-10-12-27-45(43)51/h5-11,13-26,29-34,36H,1,12,27-28H2,2-4H3/b22-16-,39-17+. The molecule has 0 aliphatic heterocycles. The third kappa shape index (κ3) is 6.33. The molecular formula is C48H45N5. The van der Waals surface area contributed by atoms with Crippen LogP contribution in [0, 0.1) is 12.8 Å². The lowest BCUT2D eigenvalue weighted by Gasteiger charge is -2.46. The highest BCUT2D eigenvalue weighted by atomic mass is 15.3. The number of hydrogen-bond acceptors (Lipinski definition) is 3. The smallest absolute Gasteiger partial charge is 0.168 e. The van der Waals surface area contributed by atoms with Crippen molar-refractivity contribution in [2.75, 3.05) is 4.90 Å². The molecule has 2 aliphatic rings. The molecule has 5 nitrogen and oxygen atoms in total. The van der Waals surface area contributed by atoms with Crippen molar-refractivity contribution in [3.63, 3.8) is 0 Å². The Morgan fingerprint density at radius 1 is 0.906 bits per heavy atom. The van der Waals surface area contributed by atoms with Crippen LogP contribution in [0.2, 0.25) is 0 Å². The highest BCUT2D eigenvalue weighted by molar-refractivity contribution is 5.93. The highest BCUT2D eigenvalue weighted by Crippen LogP contribution is 2.40. The van der Waals surface area contributed by atoms with E-state index >= 15 is 0 Å². The minimum Gasteiger partial charge on any atom is -0.332 e. The Kier molecular flexibility index (Phi) is 9.24. The van der Waals surface area contributed by atoms with Gasteiger partial charge in [0, 0.05) is 57.3 Å². The van der Waals surface area contributed by atoms with E-state index < -0.39 is 0 Å². The van der Waals surface area contributed by atoms with E-state index in [1.54, 1.807) is 0 Å². The largest absolute Gasteiger partial charge is 0.332 e. The van der Waals surface area contributed by atoms with E-state index in [-0.39, 0.29) is 11.5 Å². The van der Waals surface area contributed by atoms with Crippen molar-refractivity contribution in [3.05, 3.63) is 193 Å². The predicted octanol–water partition coefficient (Wildman–Crippen LogP) is 11.3. The topological polar surface area (TPSA) is 38.9 Å². The zero-order chi connectivity index (χ0) is 36.4. The third-order valence-electron chi connectivity index (χ3n) is 10.7. The quantitative estimate of drug-likeness (QED) is 0.134. The maximum absolute atomic E-state index is 4.73. The van der Waals surface area contributed by atoms with Crippen molar-refractivity contribution in [2.45, 2.75) is 45.6 Å². The third-order valence-corrected chi connectivity index (χ3v) is 10.7. The number of para-hydroxylation sites is 1. The Morgan fingerprint density at radius 2 is 1.72 bits per heavy atom. The molecule has 2 unspecified atom stereocenters. The van der Waals surface area contributed by atoms with Gasteiger partial charge >= 0.3 is 0 Å². The number of nitrogens with zero attached hydrogens (tertiary/aromatic N) is 5. The van der Waals surface area contributed by atoms with E-state index in [0.717, 1.165) is 47.1 Å². The Balaban J connectivity index is 1.18. The molecule has 0 saturated carbocycles. The van der Waals surface area contributed by atoms with Gasteiger partial charge in [-0.2, -0.15) is 0 Å². The first kappa shape index (κ1) is 33.9. The summed E-state index contributed by atoms with van der Waals surface area (Å²) >= 11 is 0. The van der Waals surface area contributed by atoms with Gasteiger partial charge in [0.05, 0.1) is 11.1 Å². The summed E-state index contributed by atoms with van der Waals surface area (Å²) in [6, 6.07) is 36.6. The molecule has 5 heteroatoms. The fourth-order valence-electron chi connectivity index (χ4n) is 7.90. The lowest BCUT2D eigenvalue weighted by atomic mass is 9.81. The number of rotatable bonds is 10. The Hall–Kier alpha value is -6.20. The van der Waals surface area contributed by atoms with Gasteiger partial charge in [-0.25, -0.2) is 0 Å². The molecule has 2 aliphatic carbocycles. The fourth-order valence-corrected chi connectivity index (χ4v) is 7.90. The minimum absolute atomic E-state index is 0.249. The molecule has 53 heavy (non-hydrogen) atoms. The van der Waals surface area contributed by atoms with Crippen LogP contribution in [0.3, 0.4) is 0 Å². The molecule has 0 spiro atoms. The number of anilines is 1. The Bertz CT molecular complexity index is 2430. The lowest BCUT2D eigenvalue weighted by molar-refractivity contribution is 0.437. The summed E-state index contributed by atoms with van der Waals surface area (Å²) in [6.07, 6.45) is 24.6. The molecule has 0 N–H and O–H groups in total. The van der Waals surface area contributed by atoms with Crippen LogP contribution in [-0.2, 0) is 12.8 Å². The average Bonchev–Trinajstić information content (AvgIpc) is 3.76. The van der Waals surface area contributed by atoms with Crippen molar-refractivity contribution in [1.29, 1.82) is 0 Å². The number of fused-ring (bicyclic) bond motifs is 3. The molecular weight excluding hydrogens is 647 g/mol. The van der Waals surface area contributed by atoms with Gasteiger partial charge in [0.25, 0.3) is 0 Å². The van der Waals surface area contributed by atoms with Crippen LogP contribution in [0.1, 0.15) is 42.9 Å². The first-order valence-corrected chi connectivity index (χ1v) is 18.6. The van der Waals surface area contributed by atoms with E-state index in [1.165, 1.54) is 33.4 Å². The minimum atomic E-state index is -0.332.